The molecule has 6 nitrogen and oxygen atoms in total. The molecule has 1 aliphatic heterocycles. The van der Waals surface area contributed by atoms with Crippen molar-refractivity contribution >= 4 is 39.8 Å². The normalized spacial score (nSPS) is 13.6. The van der Waals surface area contributed by atoms with Gasteiger partial charge in [0, 0.05) is 53.0 Å². The van der Waals surface area contributed by atoms with Crippen molar-refractivity contribution < 1.29 is 9.59 Å². The minimum atomic E-state index is -0.686. The quantitative estimate of drug-likeness (QED) is 0.351. The van der Waals surface area contributed by atoms with E-state index in [2.05, 4.69) is 44.8 Å². The van der Waals surface area contributed by atoms with Crippen molar-refractivity contribution in [1.29, 1.82) is 0 Å². The molecule has 2 amide bonds. The molecule has 1 aromatic heterocycles. The van der Waals surface area contributed by atoms with Gasteiger partial charge >= 0.3 is 0 Å². The molecule has 5 rings (SSSR count). The molecule has 0 saturated heterocycles. The summed E-state index contributed by atoms with van der Waals surface area (Å²) in [6.45, 7) is 4.59. The van der Waals surface area contributed by atoms with Gasteiger partial charge in [-0.2, -0.15) is 0 Å². The van der Waals surface area contributed by atoms with Crippen molar-refractivity contribution in [2.24, 2.45) is 5.92 Å². The summed E-state index contributed by atoms with van der Waals surface area (Å²) in [5.41, 5.74) is 6.39. The van der Waals surface area contributed by atoms with E-state index in [1.807, 2.05) is 68.6 Å². The Morgan fingerprint density at radius 1 is 0.943 bits per heavy atom. The van der Waals surface area contributed by atoms with Gasteiger partial charge in [0.1, 0.15) is 6.04 Å². The van der Waals surface area contributed by atoms with Gasteiger partial charge in [-0.15, -0.1) is 0 Å². The Hall–Kier alpha value is -4.06. The summed E-state index contributed by atoms with van der Waals surface area (Å²) in [7, 11) is 0. The van der Waals surface area contributed by atoms with Crippen LogP contribution in [0.4, 0.5) is 17.1 Å². The molecule has 1 unspecified atom stereocenters. The number of hydrogen-bond acceptors (Lipinski definition) is 3. The monoisotopic (exact) mass is 466 g/mol. The molecule has 0 saturated carbocycles. The maximum absolute atomic E-state index is 13.3. The number of carbonyl (C=O) groups excluding carboxylic acids is 2. The molecule has 0 radical (unpaired) electrons. The van der Waals surface area contributed by atoms with E-state index in [0.717, 1.165) is 35.1 Å². The van der Waals surface area contributed by atoms with Crippen molar-refractivity contribution in [2.45, 2.75) is 32.7 Å². The van der Waals surface area contributed by atoms with E-state index >= 15 is 0 Å². The third kappa shape index (κ3) is 4.78. The number of rotatable bonds is 7. The Labute approximate surface area is 205 Å². The highest BCUT2D eigenvalue weighted by atomic mass is 16.2. The van der Waals surface area contributed by atoms with Crippen LogP contribution in [-0.4, -0.2) is 29.4 Å². The van der Waals surface area contributed by atoms with Crippen LogP contribution in [0, 0.1) is 5.92 Å². The van der Waals surface area contributed by atoms with Crippen LogP contribution in [0.25, 0.3) is 10.9 Å². The molecule has 4 aromatic rings. The molecule has 1 aliphatic rings. The van der Waals surface area contributed by atoms with Crippen molar-refractivity contribution in [3.05, 3.63) is 90.1 Å². The first-order valence-electron chi connectivity index (χ1n) is 12.1. The lowest BCUT2D eigenvalue weighted by molar-refractivity contribution is -0.128. The van der Waals surface area contributed by atoms with Gasteiger partial charge in [-0.3, -0.25) is 9.59 Å². The molecule has 178 valence electrons. The van der Waals surface area contributed by atoms with Crippen molar-refractivity contribution in [3.8, 4) is 0 Å². The van der Waals surface area contributed by atoms with Crippen LogP contribution in [0.3, 0.4) is 0 Å². The molecule has 35 heavy (non-hydrogen) atoms. The number of benzene rings is 3. The Bertz CT molecular complexity index is 1360. The topological polar surface area (TPSA) is 77.2 Å². The summed E-state index contributed by atoms with van der Waals surface area (Å²) in [5, 5.41) is 6.99. The van der Waals surface area contributed by atoms with Crippen molar-refractivity contribution in [3.63, 3.8) is 0 Å². The number of hydrogen-bond donors (Lipinski definition) is 3. The number of amides is 2. The van der Waals surface area contributed by atoms with Crippen LogP contribution in [-0.2, 0) is 22.4 Å². The van der Waals surface area contributed by atoms with E-state index in [9.17, 15) is 9.59 Å². The van der Waals surface area contributed by atoms with Crippen LogP contribution < -0.4 is 15.5 Å². The average Bonchev–Trinajstić information content (AvgIpc) is 3.48. The highest BCUT2D eigenvalue weighted by molar-refractivity contribution is 5.98. The maximum Gasteiger partial charge on any atom is 0.247 e. The lowest BCUT2D eigenvalue weighted by Crippen LogP contribution is -2.46. The van der Waals surface area contributed by atoms with Gasteiger partial charge in [0.15, 0.2) is 0 Å². The Balaban J connectivity index is 1.32. The van der Waals surface area contributed by atoms with E-state index in [4.69, 9.17) is 0 Å². The number of anilines is 3. The zero-order chi connectivity index (χ0) is 24.4. The summed E-state index contributed by atoms with van der Waals surface area (Å²) in [5.74, 6) is -0.590. The second kappa shape index (κ2) is 9.66. The number of nitrogens with one attached hydrogen (secondary N) is 3. The molecule has 0 fully saturated rings. The second-order valence-corrected chi connectivity index (χ2v) is 9.35. The van der Waals surface area contributed by atoms with E-state index < -0.39 is 6.04 Å². The fourth-order valence-corrected chi connectivity index (χ4v) is 4.63. The predicted molar refractivity (Wildman–Crippen MR) is 141 cm³/mol. The lowest BCUT2D eigenvalue weighted by Gasteiger charge is -2.21. The summed E-state index contributed by atoms with van der Waals surface area (Å²) >= 11 is 0. The molecule has 3 aromatic carbocycles. The number of para-hydroxylation sites is 2. The number of fused-ring (bicyclic) bond motifs is 2. The van der Waals surface area contributed by atoms with Gasteiger partial charge in [-0.25, -0.2) is 0 Å². The first-order valence-corrected chi connectivity index (χ1v) is 12.1. The number of aromatic nitrogens is 1. The van der Waals surface area contributed by atoms with E-state index in [0.29, 0.717) is 12.1 Å². The molecule has 6 heteroatoms. The molecular weight excluding hydrogens is 436 g/mol. The summed E-state index contributed by atoms with van der Waals surface area (Å²) in [4.78, 5) is 31.3. The van der Waals surface area contributed by atoms with Gasteiger partial charge in [-0.05, 0) is 53.9 Å². The highest BCUT2D eigenvalue weighted by Crippen LogP contribution is 2.34. The van der Waals surface area contributed by atoms with Crippen LogP contribution in [0.5, 0.6) is 0 Å². The third-order valence-electron chi connectivity index (χ3n) is 6.59. The van der Waals surface area contributed by atoms with E-state index in [-0.39, 0.29) is 17.7 Å². The number of carbonyl (C=O) groups is 2. The minimum Gasteiger partial charge on any atom is -0.361 e. The Morgan fingerprint density at radius 3 is 2.49 bits per heavy atom. The van der Waals surface area contributed by atoms with Gasteiger partial charge in [0.25, 0.3) is 0 Å². The van der Waals surface area contributed by atoms with E-state index in [1.54, 1.807) is 0 Å². The lowest BCUT2D eigenvalue weighted by atomic mass is 10.0. The molecule has 2 heterocycles. The molecule has 0 spiro atoms. The fourth-order valence-electron chi connectivity index (χ4n) is 4.63. The van der Waals surface area contributed by atoms with Crippen molar-refractivity contribution in [2.75, 3.05) is 16.8 Å². The van der Waals surface area contributed by atoms with Crippen LogP contribution in [0.15, 0.2) is 79.0 Å². The molecule has 0 aliphatic carbocycles. The second-order valence-electron chi connectivity index (χ2n) is 9.35. The van der Waals surface area contributed by atoms with Gasteiger partial charge < -0.3 is 20.5 Å². The number of H-pyrrole nitrogens is 1. The molecule has 0 bridgehead atoms. The SMILES string of the molecule is CC(C)C(=O)NC(Cc1c[nH]c2ccccc12)C(=O)Nc1ccc(N2CCc3ccccc32)cc1. The zero-order valence-electron chi connectivity index (χ0n) is 20.0. The molecule has 1 atom stereocenters. The zero-order valence-corrected chi connectivity index (χ0v) is 20.0. The molecular formula is C29H30N4O2. The molecule has 3 N–H and O–H groups in total. The summed E-state index contributed by atoms with van der Waals surface area (Å²) in [6, 6.07) is 23.6. The van der Waals surface area contributed by atoms with Crippen molar-refractivity contribution in [1.82, 2.24) is 10.3 Å². The summed E-state index contributed by atoms with van der Waals surface area (Å²) in [6.07, 6.45) is 3.34. The number of nitrogens with zero attached hydrogens (tertiary/aromatic N) is 1. The minimum absolute atomic E-state index is 0.145. The van der Waals surface area contributed by atoms with Crippen LogP contribution >= 0.6 is 0 Å². The summed E-state index contributed by atoms with van der Waals surface area (Å²) < 4.78 is 0. The van der Waals surface area contributed by atoms with Crippen LogP contribution in [0.2, 0.25) is 0 Å². The standard InChI is InChI=1S/C29H30N4O2/c1-19(2)28(34)32-26(17-21-18-30-25-9-5-4-8-24(21)25)29(35)31-22-11-13-23(14-12-22)33-16-15-20-7-3-6-10-27(20)33/h3-14,18-19,26,30H,15-17H2,1-2H3,(H,31,35)(H,32,34). The third-order valence-corrected chi connectivity index (χ3v) is 6.59. The van der Waals surface area contributed by atoms with Gasteiger partial charge in [0.2, 0.25) is 11.8 Å². The Morgan fingerprint density at radius 2 is 1.69 bits per heavy atom. The maximum atomic E-state index is 13.3. The highest BCUT2D eigenvalue weighted by Gasteiger charge is 2.24. The Kier molecular flexibility index (Phi) is 6.27. The van der Waals surface area contributed by atoms with Crippen LogP contribution in [0.1, 0.15) is 25.0 Å². The largest absolute Gasteiger partial charge is 0.361 e. The van der Waals surface area contributed by atoms with Gasteiger partial charge in [0.05, 0.1) is 0 Å². The van der Waals surface area contributed by atoms with Gasteiger partial charge in [-0.1, -0.05) is 50.2 Å². The fraction of sp³-hybridized carbons (Fsp3) is 0.241. The average molecular weight is 467 g/mol. The number of aromatic amines is 1. The predicted octanol–water partition coefficient (Wildman–Crippen LogP) is 5.18. The first-order chi connectivity index (χ1) is 17.0. The first kappa shape index (κ1) is 22.7. The van der Waals surface area contributed by atoms with E-state index in [1.165, 1.54) is 11.3 Å². The smallest absolute Gasteiger partial charge is 0.247 e.